The average molecular weight is 382 g/mol. The molecule has 0 bridgehead atoms. The van der Waals surface area contributed by atoms with Crippen LogP contribution in [-0.4, -0.2) is 24.0 Å². The standard InChI is InChI=1S/C21H22N2O3S/c1-13(2)21(3,12-22)23-18(24)11-26-20(25)17-10-15-9-8-14-6-4-5-7-16(14)19(15)27-17/h4-7,10,13H,8-9,11H2,1-3H3,(H,23,24)/t21-/m1/s1. The van der Waals surface area contributed by atoms with Crippen LogP contribution in [0.2, 0.25) is 0 Å². The molecule has 1 amide bonds. The highest BCUT2D eigenvalue weighted by Gasteiger charge is 2.30. The number of rotatable bonds is 5. The van der Waals surface area contributed by atoms with Gasteiger partial charge in [0.05, 0.1) is 6.07 Å². The smallest absolute Gasteiger partial charge is 0.348 e. The lowest BCUT2D eigenvalue weighted by Crippen LogP contribution is -2.50. The van der Waals surface area contributed by atoms with E-state index in [1.165, 1.54) is 22.5 Å². The molecule has 1 aliphatic carbocycles. The van der Waals surface area contributed by atoms with E-state index in [-0.39, 0.29) is 5.92 Å². The van der Waals surface area contributed by atoms with E-state index in [1.54, 1.807) is 6.92 Å². The molecule has 0 fully saturated rings. The fourth-order valence-corrected chi connectivity index (χ4v) is 4.17. The number of carbonyl (C=O) groups excluding carboxylic acids is 2. The van der Waals surface area contributed by atoms with Crippen molar-refractivity contribution < 1.29 is 14.3 Å². The van der Waals surface area contributed by atoms with Crippen molar-refractivity contribution in [1.29, 1.82) is 5.26 Å². The molecular formula is C21H22N2O3S. The Kier molecular flexibility index (Phi) is 5.33. The number of benzene rings is 1. The van der Waals surface area contributed by atoms with Gasteiger partial charge in [-0.3, -0.25) is 4.79 Å². The van der Waals surface area contributed by atoms with E-state index in [2.05, 4.69) is 23.5 Å². The zero-order valence-corrected chi connectivity index (χ0v) is 16.5. The maximum atomic E-state index is 12.4. The van der Waals surface area contributed by atoms with E-state index in [9.17, 15) is 14.9 Å². The van der Waals surface area contributed by atoms with Crippen LogP contribution in [0.15, 0.2) is 30.3 Å². The van der Waals surface area contributed by atoms with E-state index in [1.807, 2.05) is 32.0 Å². The van der Waals surface area contributed by atoms with Gasteiger partial charge in [-0.1, -0.05) is 38.1 Å². The second-order valence-corrected chi connectivity index (χ2v) is 8.27. The molecule has 27 heavy (non-hydrogen) atoms. The summed E-state index contributed by atoms with van der Waals surface area (Å²) in [6, 6.07) is 12.2. The number of nitriles is 1. The molecule has 0 spiro atoms. The van der Waals surface area contributed by atoms with Crippen LogP contribution in [0.4, 0.5) is 0 Å². The molecule has 140 valence electrons. The largest absolute Gasteiger partial charge is 0.451 e. The monoisotopic (exact) mass is 382 g/mol. The van der Waals surface area contributed by atoms with E-state index in [4.69, 9.17) is 4.74 Å². The van der Waals surface area contributed by atoms with Crippen LogP contribution in [0, 0.1) is 17.2 Å². The number of esters is 1. The number of ether oxygens (including phenoxy) is 1. The molecular weight excluding hydrogens is 360 g/mol. The predicted molar refractivity (Wildman–Crippen MR) is 104 cm³/mol. The van der Waals surface area contributed by atoms with Crippen LogP contribution in [-0.2, 0) is 22.4 Å². The minimum absolute atomic E-state index is 0.0637. The first-order valence-electron chi connectivity index (χ1n) is 8.94. The molecule has 0 saturated carbocycles. The Hall–Kier alpha value is -2.65. The van der Waals surface area contributed by atoms with Gasteiger partial charge in [0.2, 0.25) is 0 Å². The lowest BCUT2D eigenvalue weighted by Gasteiger charge is -2.27. The van der Waals surface area contributed by atoms with Crippen molar-refractivity contribution in [2.75, 3.05) is 6.61 Å². The van der Waals surface area contributed by atoms with Crippen LogP contribution >= 0.6 is 11.3 Å². The van der Waals surface area contributed by atoms with E-state index in [0.717, 1.165) is 23.3 Å². The highest BCUT2D eigenvalue weighted by atomic mass is 32.1. The molecule has 0 saturated heterocycles. The topological polar surface area (TPSA) is 79.2 Å². The lowest BCUT2D eigenvalue weighted by molar-refractivity contribution is -0.125. The highest BCUT2D eigenvalue weighted by Crippen LogP contribution is 2.39. The second-order valence-electron chi connectivity index (χ2n) is 7.22. The molecule has 1 N–H and O–H groups in total. The highest BCUT2D eigenvalue weighted by molar-refractivity contribution is 7.17. The lowest BCUT2D eigenvalue weighted by atomic mass is 9.90. The Bertz CT molecular complexity index is 926. The molecule has 1 heterocycles. The Morgan fingerprint density at radius 2 is 2.00 bits per heavy atom. The van der Waals surface area contributed by atoms with Gasteiger partial charge < -0.3 is 10.1 Å². The third-order valence-electron chi connectivity index (χ3n) is 5.06. The fourth-order valence-electron chi connectivity index (χ4n) is 3.00. The summed E-state index contributed by atoms with van der Waals surface area (Å²) in [5, 5.41) is 11.9. The number of nitrogens with zero attached hydrogens (tertiary/aromatic N) is 1. The van der Waals surface area contributed by atoms with Crippen molar-refractivity contribution in [3.8, 4) is 16.5 Å². The van der Waals surface area contributed by atoms with Gasteiger partial charge in [-0.15, -0.1) is 11.3 Å². The Labute approximate surface area is 163 Å². The van der Waals surface area contributed by atoms with Gasteiger partial charge in [0.15, 0.2) is 6.61 Å². The second kappa shape index (κ2) is 7.53. The molecule has 0 radical (unpaired) electrons. The molecule has 2 aromatic rings. The third-order valence-corrected chi connectivity index (χ3v) is 6.25. The number of nitrogens with one attached hydrogen (secondary N) is 1. The Balaban J connectivity index is 1.66. The average Bonchev–Trinajstić information content (AvgIpc) is 3.10. The van der Waals surface area contributed by atoms with Gasteiger partial charge in [0.1, 0.15) is 10.4 Å². The normalized spacial score (nSPS) is 14.5. The predicted octanol–water partition coefficient (Wildman–Crippen LogP) is 3.72. The number of aryl methyl sites for hydroxylation is 2. The first kappa shape index (κ1) is 19.1. The molecule has 0 aliphatic heterocycles. The summed E-state index contributed by atoms with van der Waals surface area (Å²) in [6.45, 7) is 4.96. The van der Waals surface area contributed by atoms with Crippen LogP contribution in [0.5, 0.6) is 0 Å². The molecule has 1 atom stereocenters. The zero-order chi connectivity index (χ0) is 19.6. The summed E-state index contributed by atoms with van der Waals surface area (Å²) in [4.78, 5) is 26.1. The van der Waals surface area contributed by atoms with Crippen LogP contribution < -0.4 is 5.32 Å². The minimum Gasteiger partial charge on any atom is -0.451 e. The van der Waals surface area contributed by atoms with Crippen LogP contribution in [0.1, 0.15) is 41.6 Å². The summed E-state index contributed by atoms with van der Waals surface area (Å²) >= 11 is 1.40. The Morgan fingerprint density at radius 3 is 2.70 bits per heavy atom. The SMILES string of the molecule is CC(C)[C@@](C)(C#N)NC(=O)COC(=O)c1cc2c(s1)-c1ccccc1CC2. The third kappa shape index (κ3) is 3.88. The van der Waals surface area contributed by atoms with Crippen molar-refractivity contribution in [1.82, 2.24) is 5.32 Å². The summed E-state index contributed by atoms with van der Waals surface area (Å²) in [6.07, 6.45) is 1.85. The maximum Gasteiger partial charge on any atom is 0.348 e. The molecule has 1 aromatic heterocycles. The van der Waals surface area contributed by atoms with Gasteiger partial charge in [-0.05, 0) is 48.4 Å². The molecule has 1 aliphatic rings. The van der Waals surface area contributed by atoms with Crippen molar-refractivity contribution in [2.45, 2.75) is 39.2 Å². The first-order chi connectivity index (χ1) is 12.8. The number of carbonyl (C=O) groups is 2. The van der Waals surface area contributed by atoms with Crippen LogP contribution in [0.25, 0.3) is 10.4 Å². The summed E-state index contributed by atoms with van der Waals surface area (Å²) in [7, 11) is 0. The number of fused-ring (bicyclic) bond motifs is 3. The van der Waals surface area contributed by atoms with Crippen molar-refractivity contribution in [2.24, 2.45) is 5.92 Å². The molecule has 3 rings (SSSR count). The van der Waals surface area contributed by atoms with Gasteiger partial charge >= 0.3 is 5.97 Å². The number of amides is 1. The van der Waals surface area contributed by atoms with E-state index in [0.29, 0.717) is 4.88 Å². The van der Waals surface area contributed by atoms with Crippen molar-refractivity contribution in [3.63, 3.8) is 0 Å². The molecule has 0 unspecified atom stereocenters. The first-order valence-corrected chi connectivity index (χ1v) is 9.76. The van der Waals surface area contributed by atoms with Gasteiger partial charge in [-0.2, -0.15) is 5.26 Å². The quantitative estimate of drug-likeness (QED) is 0.799. The van der Waals surface area contributed by atoms with Gasteiger partial charge in [0.25, 0.3) is 5.91 Å². The summed E-state index contributed by atoms with van der Waals surface area (Å²) in [5.74, 6) is -1.05. The summed E-state index contributed by atoms with van der Waals surface area (Å²) < 4.78 is 5.18. The zero-order valence-electron chi connectivity index (χ0n) is 15.7. The van der Waals surface area contributed by atoms with Crippen molar-refractivity contribution >= 4 is 23.2 Å². The van der Waals surface area contributed by atoms with Gasteiger partial charge in [0, 0.05) is 4.88 Å². The Morgan fingerprint density at radius 1 is 1.30 bits per heavy atom. The molecule has 5 nitrogen and oxygen atoms in total. The molecule has 6 heteroatoms. The van der Waals surface area contributed by atoms with E-state index < -0.39 is 24.0 Å². The summed E-state index contributed by atoms with van der Waals surface area (Å²) in [5.41, 5.74) is 2.61. The molecule has 1 aromatic carbocycles. The van der Waals surface area contributed by atoms with Gasteiger partial charge in [-0.25, -0.2) is 4.79 Å². The maximum absolute atomic E-state index is 12.4. The number of hydrogen-bond acceptors (Lipinski definition) is 5. The number of hydrogen-bond donors (Lipinski definition) is 1. The fraction of sp³-hybridized carbons (Fsp3) is 0.381. The number of thiophene rings is 1. The van der Waals surface area contributed by atoms with Crippen molar-refractivity contribution in [3.05, 3.63) is 46.3 Å². The minimum atomic E-state index is -0.991. The van der Waals surface area contributed by atoms with E-state index >= 15 is 0 Å². The van der Waals surface area contributed by atoms with Crippen LogP contribution in [0.3, 0.4) is 0 Å².